The molecule has 0 spiro atoms. The molecule has 1 saturated heterocycles. The van der Waals surface area contributed by atoms with Crippen molar-refractivity contribution in [2.24, 2.45) is 5.73 Å². The topological polar surface area (TPSA) is 64.3 Å². The van der Waals surface area contributed by atoms with Gasteiger partial charge in [-0.05, 0) is 19.1 Å². The average molecular weight is 288 g/mol. The number of para-hydroxylation sites is 2. The largest absolute Gasteiger partial charge is 0.391 e. The van der Waals surface area contributed by atoms with E-state index in [1.54, 1.807) is 0 Å². The minimum atomic E-state index is -0.216. The number of nitrogens with zero attached hydrogens (tertiary/aromatic N) is 3. The molecule has 0 bridgehead atoms. The quantitative estimate of drug-likeness (QED) is 0.843. The van der Waals surface area contributed by atoms with Gasteiger partial charge in [0.2, 0.25) is 0 Å². The number of nitrogens with two attached hydrogens (primary N) is 1. The standard InChI is InChI=1S/C14H16N4OS/c1-9-14(17-11-5-3-2-4-10(11)16-9)18-6-7-19-12(8-18)13(15)20/h2-5,12H,6-8H2,1H3,(H2,15,20). The molecule has 2 aromatic rings. The van der Waals surface area contributed by atoms with Crippen molar-refractivity contribution in [1.29, 1.82) is 0 Å². The lowest BCUT2D eigenvalue weighted by atomic mass is 10.2. The monoisotopic (exact) mass is 288 g/mol. The fourth-order valence-corrected chi connectivity index (χ4v) is 2.53. The third-order valence-corrected chi connectivity index (χ3v) is 3.67. The lowest BCUT2D eigenvalue weighted by molar-refractivity contribution is 0.0843. The van der Waals surface area contributed by atoms with Crippen LogP contribution in [0.2, 0.25) is 0 Å². The third kappa shape index (κ3) is 2.44. The number of benzene rings is 1. The predicted octanol–water partition coefficient (Wildman–Crippen LogP) is 1.43. The zero-order valence-electron chi connectivity index (χ0n) is 11.2. The lowest BCUT2D eigenvalue weighted by Crippen LogP contribution is -2.48. The number of fused-ring (bicyclic) bond motifs is 1. The number of aryl methyl sites for hydroxylation is 1. The molecule has 20 heavy (non-hydrogen) atoms. The lowest BCUT2D eigenvalue weighted by Gasteiger charge is -2.33. The van der Waals surface area contributed by atoms with Gasteiger partial charge in [-0.1, -0.05) is 24.4 Å². The minimum absolute atomic E-state index is 0.216. The molecule has 1 fully saturated rings. The van der Waals surface area contributed by atoms with E-state index in [1.165, 1.54) is 0 Å². The Morgan fingerprint density at radius 2 is 2.05 bits per heavy atom. The van der Waals surface area contributed by atoms with E-state index in [4.69, 9.17) is 27.7 Å². The highest BCUT2D eigenvalue weighted by molar-refractivity contribution is 7.80. The summed E-state index contributed by atoms with van der Waals surface area (Å²) >= 11 is 5.02. The number of ether oxygens (including phenoxy) is 1. The molecule has 0 saturated carbocycles. The fraction of sp³-hybridized carbons (Fsp3) is 0.357. The average Bonchev–Trinajstić information content (AvgIpc) is 2.46. The van der Waals surface area contributed by atoms with Gasteiger partial charge in [-0.3, -0.25) is 0 Å². The number of rotatable bonds is 2. The van der Waals surface area contributed by atoms with Crippen molar-refractivity contribution < 1.29 is 4.74 Å². The van der Waals surface area contributed by atoms with Crippen molar-refractivity contribution in [3.05, 3.63) is 30.0 Å². The third-order valence-electron chi connectivity index (χ3n) is 3.40. The summed E-state index contributed by atoms with van der Waals surface area (Å²) in [6.07, 6.45) is -0.216. The van der Waals surface area contributed by atoms with E-state index in [0.29, 0.717) is 18.1 Å². The highest BCUT2D eigenvalue weighted by Gasteiger charge is 2.25. The van der Waals surface area contributed by atoms with Crippen molar-refractivity contribution in [2.45, 2.75) is 13.0 Å². The Bertz CT molecular complexity index is 661. The maximum Gasteiger partial charge on any atom is 0.150 e. The van der Waals surface area contributed by atoms with Gasteiger partial charge in [0.25, 0.3) is 0 Å². The summed E-state index contributed by atoms with van der Waals surface area (Å²) in [5.41, 5.74) is 8.39. The second-order valence-electron chi connectivity index (χ2n) is 4.83. The molecule has 3 rings (SSSR count). The van der Waals surface area contributed by atoms with Crippen LogP contribution >= 0.6 is 12.2 Å². The number of hydrogen-bond donors (Lipinski definition) is 1. The molecule has 1 aliphatic rings. The van der Waals surface area contributed by atoms with Gasteiger partial charge in [0.15, 0.2) is 5.82 Å². The van der Waals surface area contributed by atoms with Gasteiger partial charge in [-0.15, -0.1) is 0 Å². The van der Waals surface area contributed by atoms with Gasteiger partial charge in [0, 0.05) is 6.54 Å². The van der Waals surface area contributed by atoms with Crippen molar-refractivity contribution in [2.75, 3.05) is 24.6 Å². The SMILES string of the molecule is Cc1nc2ccccc2nc1N1CCOC(C(N)=S)C1. The predicted molar refractivity (Wildman–Crippen MR) is 83.0 cm³/mol. The van der Waals surface area contributed by atoms with Gasteiger partial charge < -0.3 is 15.4 Å². The van der Waals surface area contributed by atoms with E-state index in [2.05, 4.69) is 9.88 Å². The summed E-state index contributed by atoms with van der Waals surface area (Å²) in [7, 11) is 0. The highest BCUT2D eigenvalue weighted by Crippen LogP contribution is 2.22. The van der Waals surface area contributed by atoms with E-state index < -0.39 is 0 Å². The molecule has 0 radical (unpaired) electrons. The van der Waals surface area contributed by atoms with Crippen molar-refractivity contribution in [3.63, 3.8) is 0 Å². The summed E-state index contributed by atoms with van der Waals surface area (Å²) in [5.74, 6) is 0.883. The molecule has 0 aliphatic carbocycles. The Morgan fingerprint density at radius 1 is 1.35 bits per heavy atom. The Balaban J connectivity index is 1.96. The second kappa shape index (κ2) is 5.30. The van der Waals surface area contributed by atoms with Crippen LogP contribution in [0.3, 0.4) is 0 Å². The first-order chi connectivity index (χ1) is 9.65. The number of aromatic nitrogens is 2. The molecular weight excluding hydrogens is 272 g/mol. The van der Waals surface area contributed by atoms with Crippen molar-refractivity contribution in [1.82, 2.24) is 9.97 Å². The summed E-state index contributed by atoms with van der Waals surface area (Å²) < 4.78 is 5.56. The second-order valence-corrected chi connectivity index (χ2v) is 5.30. The van der Waals surface area contributed by atoms with Crippen LogP contribution in [0.15, 0.2) is 24.3 Å². The van der Waals surface area contributed by atoms with Crippen LogP contribution in [0, 0.1) is 6.92 Å². The zero-order valence-corrected chi connectivity index (χ0v) is 12.1. The van der Waals surface area contributed by atoms with Gasteiger partial charge in [0.1, 0.15) is 11.1 Å². The molecule has 2 heterocycles. The van der Waals surface area contributed by atoms with Crippen LogP contribution in [-0.4, -0.2) is 40.8 Å². The maximum atomic E-state index is 5.68. The van der Waals surface area contributed by atoms with E-state index in [-0.39, 0.29) is 6.10 Å². The van der Waals surface area contributed by atoms with Gasteiger partial charge >= 0.3 is 0 Å². The smallest absolute Gasteiger partial charge is 0.150 e. The van der Waals surface area contributed by atoms with Crippen LogP contribution in [0.1, 0.15) is 5.69 Å². The Morgan fingerprint density at radius 3 is 2.75 bits per heavy atom. The van der Waals surface area contributed by atoms with Gasteiger partial charge in [-0.2, -0.15) is 0 Å². The van der Waals surface area contributed by atoms with E-state index in [1.807, 2.05) is 31.2 Å². The normalized spacial score (nSPS) is 19.2. The molecule has 1 aromatic carbocycles. The molecule has 1 unspecified atom stereocenters. The first-order valence-corrected chi connectivity index (χ1v) is 6.95. The molecule has 2 N–H and O–H groups in total. The van der Waals surface area contributed by atoms with E-state index in [0.717, 1.165) is 29.1 Å². The van der Waals surface area contributed by atoms with Crippen molar-refractivity contribution in [3.8, 4) is 0 Å². The summed E-state index contributed by atoms with van der Waals surface area (Å²) in [4.78, 5) is 11.9. The number of thiocarbonyl (C=S) groups is 1. The summed E-state index contributed by atoms with van der Waals surface area (Å²) in [6, 6.07) is 7.87. The number of hydrogen-bond acceptors (Lipinski definition) is 5. The minimum Gasteiger partial charge on any atom is -0.391 e. The van der Waals surface area contributed by atoms with E-state index >= 15 is 0 Å². The first-order valence-electron chi connectivity index (χ1n) is 6.54. The molecular formula is C14H16N4OS. The van der Waals surface area contributed by atoms with Crippen molar-refractivity contribution >= 4 is 34.1 Å². The Hall–Kier alpha value is -1.79. The molecule has 1 atom stereocenters. The fourth-order valence-electron chi connectivity index (χ4n) is 2.39. The zero-order chi connectivity index (χ0) is 14.1. The maximum absolute atomic E-state index is 5.68. The first kappa shape index (κ1) is 13.2. The highest BCUT2D eigenvalue weighted by atomic mass is 32.1. The van der Waals surface area contributed by atoms with Crippen LogP contribution in [0.25, 0.3) is 11.0 Å². The Labute approximate surface area is 122 Å². The van der Waals surface area contributed by atoms with E-state index in [9.17, 15) is 0 Å². The molecule has 6 heteroatoms. The molecule has 0 amide bonds. The van der Waals surface area contributed by atoms with Crippen LogP contribution in [-0.2, 0) is 4.74 Å². The number of anilines is 1. The molecule has 104 valence electrons. The van der Waals surface area contributed by atoms with Crippen LogP contribution in [0.4, 0.5) is 5.82 Å². The van der Waals surface area contributed by atoms with Gasteiger partial charge in [-0.25, -0.2) is 9.97 Å². The molecule has 1 aliphatic heterocycles. The summed E-state index contributed by atoms with van der Waals surface area (Å²) in [5, 5.41) is 0. The Kier molecular flexibility index (Phi) is 3.50. The molecule has 5 nitrogen and oxygen atoms in total. The van der Waals surface area contributed by atoms with Gasteiger partial charge in [0.05, 0.1) is 29.9 Å². The van der Waals surface area contributed by atoms with Crippen LogP contribution in [0.5, 0.6) is 0 Å². The number of morpholine rings is 1. The van der Waals surface area contributed by atoms with Crippen LogP contribution < -0.4 is 10.6 Å². The summed E-state index contributed by atoms with van der Waals surface area (Å²) in [6.45, 7) is 3.96. The molecule has 1 aromatic heterocycles.